The molecule has 0 spiro atoms. The first-order valence-corrected chi connectivity index (χ1v) is 7.56. The van der Waals surface area contributed by atoms with Crippen molar-refractivity contribution in [3.8, 4) is 6.07 Å². The Bertz CT molecular complexity index is 829. The third-order valence-electron chi connectivity index (χ3n) is 3.15. The van der Waals surface area contributed by atoms with Crippen LogP contribution in [0.5, 0.6) is 0 Å². The number of aryl methyl sites for hydroxylation is 1. The van der Waals surface area contributed by atoms with E-state index in [0.29, 0.717) is 26.9 Å². The molecule has 0 radical (unpaired) electrons. The van der Waals surface area contributed by atoms with Crippen LogP contribution in [0.15, 0.2) is 23.8 Å². The summed E-state index contributed by atoms with van der Waals surface area (Å²) in [5.74, 6) is -0.829. The standard InChI is InChI=1S/C15H11Cl3N4O/c1-8-10(5-9(6-19)15(20)23)14(18)22(21-8)7-11-12(16)3-2-4-13(11)17/h2-5H,7H2,1H3,(H2,20,23). The molecule has 0 aliphatic heterocycles. The van der Waals surface area contributed by atoms with Gasteiger partial charge in [0.1, 0.15) is 16.8 Å². The quantitative estimate of drug-likeness (QED) is 0.660. The third kappa shape index (κ3) is 3.67. The molecule has 1 aromatic carbocycles. The van der Waals surface area contributed by atoms with Gasteiger partial charge in [0.05, 0.1) is 12.2 Å². The fourth-order valence-corrected chi connectivity index (χ4v) is 2.78. The number of carbonyl (C=O) groups excluding carboxylic acids is 1. The van der Waals surface area contributed by atoms with E-state index in [4.69, 9.17) is 45.8 Å². The Kier molecular flexibility index (Phi) is 5.32. The van der Waals surface area contributed by atoms with Crippen molar-refractivity contribution in [1.29, 1.82) is 5.26 Å². The van der Waals surface area contributed by atoms with Gasteiger partial charge in [0.15, 0.2) is 0 Å². The minimum atomic E-state index is -0.829. The van der Waals surface area contributed by atoms with Crippen molar-refractivity contribution in [2.24, 2.45) is 5.73 Å². The van der Waals surface area contributed by atoms with Crippen LogP contribution in [0, 0.1) is 18.3 Å². The minimum Gasteiger partial charge on any atom is -0.365 e. The second-order valence-corrected chi connectivity index (χ2v) is 5.85. The molecule has 0 aliphatic carbocycles. The maximum absolute atomic E-state index is 11.2. The molecule has 1 amide bonds. The summed E-state index contributed by atoms with van der Waals surface area (Å²) in [5.41, 5.74) is 6.60. The van der Waals surface area contributed by atoms with E-state index in [1.54, 1.807) is 31.2 Å². The second kappa shape index (κ2) is 7.05. The molecular formula is C15H11Cl3N4O. The molecule has 1 aromatic heterocycles. The third-order valence-corrected chi connectivity index (χ3v) is 4.26. The molecule has 8 heteroatoms. The molecular weight excluding hydrogens is 359 g/mol. The van der Waals surface area contributed by atoms with Crippen molar-refractivity contribution in [2.75, 3.05) is 0 Å². The van der Waals surface area contributed by atoms with Crippen LogP contribution >= 0.6 is 34.8 Å². The predicted octanol–water partition coefficient (Wildman–Crippen LogP) is 3.59. The molecule has 1 heterocycles. The van der Waals surface area contributed by atoms with E-state index in [9.17, 15) is 4.79 Å². The monoisotopic (exact) mass is 368 g/mol. The number of halogens is 3. The number of nitriles is 1. The van der Waals surface area contributed by atoms with Crippen LogP contribution in [0.25, 0.3) is 6.08 Å². The van der Waals surface area contributed by atoms with Crippen LogP contribution in [0.3, 0.4) is 0 Å². The van der Waals surface area contributed by atoms with Gasteiger partial charge in [0.25, 0.3) is 5.91 Å². The normalized spacial score (nSPS) is 11.3. The molecule has 118 valence electrons. The molecule has 0 atom stereocenters. The van der Waals surface area contributed by atoms with Gasteiger partial charge < -0.3 is 5.73 Å². The number of aromatic nitrogens is 2. The zero-order valence-electron chi connectivity index (χ0n) is 12.0. The van der Waals surface area contributed by atoms with Crippen LogP contribution in [0.4, 0.5) is 0 Å². The van der Waals surface area contributed by atoms with Crippen molar-refractivity contribution >= 4 is 46.8 Å². The van der Waals surface area contributed by atoms with Crippen LogP contribution in [-0.4, -0.2) is 15.7 Å². The van der Waals surface area contributed by atoms with Gasteiger partial charge in [-0.3, -0.25) is 4.79 Å². The van der Waals surface area contributed by atoms with E-state index in [2.05, 4.69) is 5.10 Å². The van der Waals surface area contributed by atoms with Crippen molar-refractivity contribution < 1.29 is 4.79 Å². The number of amides is 1. The summed E-state index contributed by atoms with van der Waals surface area (Å²) >= 11 is 18.6. The molecule has 2 N–H and O–H groups in total. The van der Waals surface area contributed by atoms with Crippen LogP contribution in [-0.2, 0) is 11.3 Å². The maximum atomic E-state index is 11.2. The molecule has 23 heavy (non-hydrogen) atoms. The summed E-state index contributed by atoms with van der Waals surface area (Å²) in [6.07, 6.45) is 1.32. The molecule has 2 rings (SSSR count). The van der Waals surface area contributed by atoms with Crippen molar-refractivity contribution in [3.63, 3.8) is 0 Å². The molecule has 0 saturated carbocycles. The van der Waals surface area contributed by atoms with E-state index >= 15 is 0 Å². The van der Waals surface area contributed by atoms with Gasteiger partial charge in [-0.2, -0.15) is 10.4 Å². The lowest BCUT2D eigenvalue weighted by Crippen LogP contribution is -2.12. The molecule has 0 fully saturated rings. The fourth-order valence-electron chi connectivity index (χ4n) is 1.97. The highest BCUT2D eigenvalue weighted by Gasteiger charge is 2.16. The molecule has 5 nitrogen and oxygen atoms in total. The van der Waals surface area contributed by atoms with Gasteiger partial charge in [-0.25, -0.2) is 4.68 Å². The smallest absolute Gasteiger partial charge is 0.259 e. The largest absolute Gasteiger partial charge is 0.365 e. The first-order valence-electron chi connectivity index (χ1n) is 6.42. The van der Waals surface area contributed by atoms with Gasteiger partial charge in [0, 0.05) is 21.2 Å². The van der Waals surface area contributed by atoms with Crippen molar-refractivity contribution in [3.05, 3.63) is 55.8 Å². The molecule has 2 aromatic rings. The Balaban J connectivity index is 2.47. The summed E-state index contributed by atoms with van der Waals surface area (Å²) in [7, 11) is 0. The summed E-state index contributed by atoms with van der Waals surface area (Å²) < 4.78 is 1.49. The number of hydrogen-bond donors (Lipinski definition) is 1. The first-order chi connectivity index (χ1) is 10.8. The van der Waals surface area contributed by atoms with Gasteiger partial charge in [-0.05, 0) is 25.1 Å². The van der Waals surface area contributed by atoms with E-state index in [1.807, 2.05) is 0 Å². The zero-order valence-corrected chi connectivity index (χ0v) is 14.2. The van der Waals surface area contributed by atoms with Crippen LogP contribution in [0.1, 0.15) is 16.8 Å². The van der Waals surface area contributed by atoms with Crippen LogP contribution in [0.2, 0.25) is 15.2 Å². The van der Waals surface area contributed by atoms with Gasteiger partial charge in [-0.15, -0.1) is 0 Å². The fraction of sp³-hybridized carbons (Fsp3) is 0.133. The minimum absolute atomic E-state index is 0.203. The lowest BCUT2D eigenvalue weighted by molar-refractivity contribution is -0.114. The second-order valence-electron chi connectivity index (χ2n) is 4.68. The Hall–Kier alpha value is -2.00. The summed E-state index contributed by atoms with van der Waals surface area (Å²) in [4.78, 5) is 11.2. The number of nitrogens with zero attached hydrogens (tertiary/aromatic N) is 3. The Morgan fingerprint density at radius 3 is 2.52 bits per heavy atom. The SMILES string of the molecule is Cc1nn(Cc2c(Cl)cccc2Cl)c(Cl)c1C=C(C#N)C(N)=O. The summed E-state index contributed by atoms with van der Waals surface area (Å²) in [5, 5.41) is 14.5. The topological polar surface area (TPSA) is 84.7 Å². The summed E-state index contributed by atoms with van der Waals surface area (Å²) in [6.45, 7) is 1.96. The van der Waals surface area contributed by atoms with E-state index in [0.717, 1.165) is 0 Å². The Morgan fingerprint density at radius 2 is 2.00 bits per heavy atom. The highest BCUT2D eigenvalue weighted by molar-refractivity contribution is 6.36. The van der Waals surface area contributed by atoms with Gasteiger partial charge in [-0.1, -0.05) is 40.9 Å². The average molecular weight is 370 g/mol. The Labute approximate surface area is 147 Å². The Morgan fingerprint density at radius 1 is 1.39 bits per heavy atom. The molecule has 0 unspecified atom stereocenters. The highest BCUT2D eigenvalue weighted by Crippen LogP contribution is 2.28. The van der Waals surface area contributed by atoms with E-state index in [-0.39, 0.29) is 17.3 Å². The predicted molar refractivity (Wildman–Crippen MR) is 90.3 cm³/mol. The first kappa shape index (κ1) is 17.4. The maximum Gasteiger partial charge on any atom is 0.259 e. The number of rotatable bonds is 4. The van der Waals surface area contributed by atoms with Crippen molar-refractivity contribution in [2.45, 2.75) is 13.5 Å². The molecule has 0 saturated heterocycles. The highest BCUT2D eigenvalue weighted by atomic mass is 35.5. The van der Waals surface area contributed by atoms with Gasteiger partial charge in [0.2, 0.25) is 0 Å². The average Bonchev–Trinajstić information content (AvgIpc) is 2.75. The molecule has 0 aliphatic rings. The van der Waals surface area contributed by atoms with Crippen LogP contribution < -0.4 is 5.73 Å². The van der Waals surface area contributed by atoms with Crippen molar-refractivity contribution in [1.82, 2.24) is 9.78 Å². The number of carbonyl (C=O) groups is 1. The lowest BCUT2D eigenvalue weighted by Gasteiger charge is -2.08. The summed E-state index contributed by atoms with van der Waals surface area (Å²) in [6, 6.07) is 6.90. The lowest BCUT2D eigenvalue weighted by atomic mass is 10.1. The molecule has 0 bridgehead atoms. The van der Waals surface area contributed by atoms with Gasteiger partial charge >= 0.3 is 0 Å². The number of nitrogens with two attached hydrogens (primary N) is 1. The zero-order chi connectivity index (χ0) is 17.1. The van der Waals surface area contributed by atoms with E-state index < -0.39 is 5.91 Å². The number of hydrogen-bond acceptors (Lipinski definition) is 3. The number of primary amides is 1. The number of benzene rings is 1. The van der Waals surface area contributed by atoms with E-state index in [1.165, 1.54) is 10.8 Å².